The third-order valence-corrected chi connectivity index (χ3v) is 2.09. The predicted molar refractivity (Wildman–Crippen MR) is 14.0 cm³/mol. The van der Waals surface area contributed by atoms with Crippen LogP contribution in [-0.4, -0.2) is 12.5 Å². The molecule has 4 heavy (non-hydrogen) atoms. The van der Waals surface area contributed by atoms with E-state index in [-0.39, 0.29) is 0 Å². The summed E-state index contributed by atoms with van der Waals surface area (Å²) < 4.78 is 9.34. The predicted octanol–water partition coefficient (Wildman–Crippen LogP) is 0.146. The van der Waals surface area contributed by atoms with Gasteiger partial charge >= 0.3 is 40.7 Å². The molecule has 0 N–H and O–H groups in total. The van der Waals surface area contributed by atoms with E-state index in [0.717, 1.165) is 0 Å². The number of hydrogen-bond acceptors (Lipinski definition) is 2. The summed E-state index contributed by atoms with van der Waals surface area (Å²) in [6, 6.07) is 0. The van der Waals surface area contributed by atoms with Crippen molar-refractivity contribution >= 4 is 22.3 Å². The average Bonchev–Trinajstić information content (AvgIpc) is 1.37. The van der Waals surface area contributed by atoms with Crippen molar-refractivity contribution in [1.29, 1.82) is 0 Å². The summed E-state index contributed by atoms with van der Waals surface area (Å²) in [7, 11) is 4.41. The van der Waals surface area contributed by atoms with Crippen molar-refractivity contribution in [3.05, 3.63) is 0 Å². The summed E-state index contributed by atoms with van der Waals surface area (Å²) in [5.41, 5.74) is 0. The van der Waals surface area contributed by atoms with E-state index in [1.807, 2.05) is 0 Å². The Morgan fingerprint density at radius 1 is 2.00 bits per heavy atom. The van der Waals surface area contributed by atoms with Crippen LogP contribution in [0.2, 0.25) is 0 Å². The molecule has 0 rings (SSSR count). The fraction of sp³-hybridized carbons (Fsp3) is 0. The van der Waals surface area contributed by atoms with Gasteiger partial charge in [-0.2, -0.15) is 0 Å². The third kappa shape index (κ3) is 3.24. The molecule has 4 heteroatoms. The molecule has 0 heterocycles. The molecular weight excluding hydrogens is 171 g/mol. The molecule has 0 saturated carbocycles. The van der Waals surface area contributed by atoms with Gasteiger partial charge in [0.2, 0.25) is 0 Å². The van der Waals surface area contributed by atoms with E-state index in [1.54, 1.807) is 0 Å². The van der Waals surface area contributed by atoms with Crippen LogP contribution in [0, 0.1) is 0 Å². The maximum atomic E-state index is 9.34. The molecule has 0 aliphatic carbocycles. The molecule has 0 atom stereocenters. The van der Waals surface area contributed by atoms with Gasteiger partial charge in [0.05, 0.1) is 0 Å². The Kier molecular flexibility index (Phi) is 5.56. The SMILES string of the molecule is [O]=[Al][Mo]=[S]. The molecule has 0 saturated heterocycles. The van der Waals surface area contributed by atoms with E-state index in [1.165, 1.54) is 0 Å². The molecule has 0 aromatic rings. The van der Waals surface area contributed by atoms with Crippen LogP contribution in [-0.2, 0) is 18.4 Å². The minimum atomic E-state index is -0.523. The first kappa shape index (κ1) is 5.24. The molecule has 1 nitrogen and oxygen atoms in total. The zero-order valence-corrected chi connectivity index (χ0v) is 5.78. The Balaban J connectivity index is 2.73. The van der Waals surface area contributed by atoms with Gasteiger partial charge in [-0.1, -0.05) is 0 Å². The van der Waals surface area contributed by atoms with Gasteiger partial charge in [0, 0.05) is 0 Å². The van der Waals surface area contributed by atoms with E-state index in [0.29, 0.717) is 0 Å². The second-order valence-corrected chi connectivity index (χ2v) is 6.83. The van der Waals surface area contributed by atoms with Crippen LogP contribution >= 0.6 is 9.82 Å². The molecule has 0 unspecified atom stereocenters. The molecule has 0 aliphatic rings. The summed E-state index contributed by atoms with van der Waals surface area (Å²) in [6.07, 6.45) is 0. The van der Waals surface area contributed by atoms with Crippen molar-refractivity contribution in [1.82, 2.24) is 0 Å². The molecular formula is AlMoOS. The zero-order valence-electron chi connectivity index (χ0n) is 1.80. The number of hydrogen-bond donors (Lipinski definition) is 0. The van der Waals surface area contributed by atoms with Crippen LogP contribution in [0.25, 0.3) is 0 Å². The van der Waals surface area contributed by atoms with Gasteiger partial charge in [0.25, 0.3) is 0 Å². The van der Waals surface area contributed by atoms with Crippen molar-refractivity contribution in [3.8, 4) is 0 Å². The Hall–Kier alpha value is 1.24. The summed E-state index contributed by atoms with van der Waals surface area (Å²) in [4.78, 5) is 0. The topological polar surface area (TPSA) is 17.1 Å². The van der Waals surface area contributed by atoms with E-state index in [4.69, 9.17) is 0 Å². The van der Waals surface area contributed by atoms with E-state index >= 15 is 0 Å². The van der Waals surface area contributed by atoms with Gasteiger partial charge in [-0.3, -0.25) is 0 Å². The van der Waals surface area contributed by atoms with Crippen LogP contribution in [0.5, 0.6) is 0 Å². The first-order valence-corrected chi connectivity index (χ1v) is 7.85. The van der Waals surface area contributed by atoms with Crippen molar-refractivity contribution < 1.29 is 18.4 Å². The average molecular weight is 171 g/mol. The van der Waals surface area contributed by atoms with Crippen molar-refractivity contribution in [2.24, 2.45) is 0 Å². The summed E-state index contributed by atoms with van der Waals surface area (Å²) >= 11 is -0.930. The summed E-state index contributed by atoms with van der Waals surface area (Å²) in [5.74, 6) is 0. The fourth-order valence-corrected chi connectivity index (χ4v) is 0. The molecule has 0 aliphatic heterocycles. The van der Waals surface area contributed by atoms with Crippen LogP contribution in [0.4, 0.5) is 0 Å². The summed E-state index contributed by atoms with van der Waals surface area (Å²) in [5, 5.41) is 0. The second-order valence-electron chi connectivity index (χ2n) is 0.192. The van der Waals surface area contributed by atoms with Gasteiger partial charge in [0.15, 0.2) is 0 Å². The molecule has 0 amide bonds. The maximum absolute atomic E-state index is 9.34. The standard InChI is InChI=1S/Al.Mo.O.S. The second kappa shape index (κ2) is 4.24. The van der Waals surface area contributed by atoms with Crippen LogP contribution < -0.4 is 0 Å². The Labute approximate surface area is 40.6 Å². The molecule has 21 valence electrons. The van der Waals surface area contributed by atoms with Gasteiger partial charge < -0.3 is 0 Å². The molecule has 0 bridgehead atoms. The fourth-order valence-electron chi connectivity index (χ4n) is 0. The van der Waals surface area contributed by atoms with Crippen molar-refractivity contribution in [2.45, 2.75) is 0 Å². The van der Waals surface area contributed by atoms with Crippen LogP contribution in [0.1, 0.15) is 0 Å². The van der Waals surface area contributed by atoms with Crippen LogP contribution in [0.3, 0.4) is 0 Å². The monoisotopic (exact) mass is 173 g/mol. The molecule has 0 fully saturated rings. The normalized spacial score (nSPS) is 4.00. The third-order valence-electron chi connectivity index (χ3n) is 0.0393. The molecule has 0 aromatic carbocycles. The first-order valence-electron chi connectivity index (χ1n) is 0.638. The van der Waals surface area contributed by atoms with E-state index < -0.39 is 27.1 Å². The van der Waals surface area contributed by atoms with E-state index in [2.05, 4.69) is 9.82 Å². The quantitative estimate of drug-likeness (QED) is 0.522. The molecule has 0 radical (unpaired) electrons. The summed E-state index contributed by atoms with van der Waals surface area (Å²) in [6.45, 7) is 0. The zero-order chi connectivity index (χ0) is 3.41. The Bertz CT molecular complexity index is 29.0. The molecule has 0 aromatic heterocycles. The van der Waals surface area contributed by atoms with Gasteiger partial charge in [-0.25, -0.2) is 0 Å². The Morgan fingerprint density at radius 3 is 2.25 bits per heavy atom. The molecule has 0 spiro atoms. The van der Waals surface area contributed by atoms with Crippen LogP contribution in [0.15, 0.2) is 0 Å². The minimum absolute atomic E-state index is 0.407. The Morgan fingerprint density at radius 2 is 2.25 bits per heavy atom. The van der Waals surface area contributed by atoms with E-state index in [9.17, 15) is 3.80 Å². The van der Waals surface area contributed by atoms with Crippen molar-refractivity contribution in [3.63, 3.8) is 0 Å². The number of rotatable bonds is 1. The van der Waals surface area contributed by atoms with Crippen molar-refractivity contribution in [2.75, 3.05) is 0 Å². The van der Waals surface area contributed by atoms with Gasteiger partial charge in [-0.05, 0) is 0 Å². The first-order chi connectivity index (χ1) is 1.91. The van der Waals surface area contributed by atoms with Gasteiger partial charge in [0.1, 0.15) is 0 Å². The van der Waals surface area contributed by atoms with Gasteiger partial charge in [-0.15, -0.1) is 0 Å².